The minimum atomic E-state index is -0.584. The summed E-state index contributed by atoms with van der Waals surface area (Å²) in [7, 11) is 0. The molecule has 1 saturated heterocycles. The normalized spacial score (nSPS) is 23.4. The summed E-state index contributed by atoms with van der Waals surface area (Å²) in [5, 5.41) is 9.08. The minimum Gasteiger partial charge on any atom is -0.444 e. The number of carbonyl (C=O) groups excluding carboxylic acids is 2. The number of aromatic nitrogens is 2. The van der Waals surface area contributed by atoms with Gasteiger partial charge in [0.15, 0.2) is 0 Å². The van der Waals surface area contributed by atoms with Gasteiger partial charge in [0.25, 0.3) is 0 Å². The average Bonchev–Trinajstić information content (AvgIpc) is 3.01. The molecule has 1 aliphatic carbocycles. The van der Waals surface area contributed by atoms with Crippen molar-refractivity contribution in [3.8, 4) is 0 Å². The Balaban J connectivity index is 1.42. The fourth-order valence-corrected chi connectivity index (χ4v) is 4.67. The maximum atomic E-state index is 13.0. The Morgan fingerprint density at radius 1 is 1.13 bits per heavy atom. The number of ether oxygens (including phenoxy) is 1. The van der Waals surface area contributed by atoms with E-state index in [9.17, 15) is 9.59 Å². The average molecular weight is 413 g/mol. The first-order valence-electron chi connectivity index (χ1n) is 10.8. The quantitative estimate of drug-likeness (QED) is 0.834. The zero-order chi connectivity index (χ0) is 21.8. The van der Waals surface area contributed by atoms with E-state index in [-0.39, 0.29) is 29.8 Å². The molecule has 7 heteroatoms. The molecule has 1 saturated carbocycles. The molecule has 30 heavy (non-hydrogen) atoms. The number of rotatable bonds is 4. The second-order valence-corrected chi connectivity index (χ2v) is 10.0. The molecule has 2 fully saturated rings. The smallest absolute Gasteiger partial charge is 0.410 e. The van der Waals surface area contributed by atoms with Crippen molar-refractivity contribution in [2.45, 2.75) is 59.2 Å². The first-order valence-corrected chi connectivity index (χ1v) is 10.8. The van der Waals surface area contributed by atoms with Gasteiger partial charge in [-0.05, 0) is 59.4 Å². The zero-order valence-electron chi connectivity index (χ0n) is 18.7. The number of likely N-dealkylation sites (tertiary alicyclic amines) is 1. The third-order valence-electron chi connectivity index (χ3n) is 6.13. The Morgan fingerprint density at radius 3 is 2.37 bits per heavy atom. The van der Waals surface area contributed by atoms with E-state index in [1.54, 1.807) is 4.90 Å². The standard InChI is InChI=1S/C23H32N4O3/c1-7-27-17-11-9-8-10-14(17)19(25-27)23(5,6)24-20(28)18-15-12-26(13-16(15)18)21(29)30-22(2,3)4/h8-11,15-16,18H,7,12-13H2,1-6H3,(H,24,28)/t15-,16+,18?. The van der Waals surface area contributed by atoms with Crippen LogP contribution in [0.4, 0.5) is 4.79 Å². The number of carbonyl (C=O) groups is 2. The van der Waals surface area contributed by atoms with Gasteiger partial charge in [0.2, 0.25) is 5.91 Å². The van der Waals surface area contributed by atoms with Crippen LogP contribution in [-0.4, -0.2) is 45.4 Å². The molecule has 1 aliphatic heterocycles. The largest absolute Gasteiger partial charge is 0.444 e. The van der Waals surface area contributed by atoms with E-state index in [2.05, 4.69) is 24.4 Å². The van der Waals surface area contributed by atoms with E-state index in [1.165, 1.54) is 0 Å². The molecule has 1 aromatic heterocycles. The van der Waals surface area contributed by atoms with Crippen LogP contribution in [0.1, 0.15) is 47.2 Å². The van der Waals surface area contributed by atoms with E-state index in [0.29, 0.717) is 13.1 Å². The molecule has 0 spiro atoms. The van der Waals surface area contributed by atoms with Crippen LogP contribution in [0.3, 0.4) is 0 Å². The molecular weight excluding hydrogens is 380 g/mol. The number of piperidine rings is 1. The highest BCUT2D eigenvalue weighted by atomic mass is 16.6. The van der Waals surface area contributed by atoms with E-state index >= 15 is 0 Å². The van der Waals surface area contributed by atoms with Crippen molar-refractivity contribution < 1.29 is 14.3 Å². The summed E-state index contributed by atoms with van der Waals surface area (Å²) in [6.45, 7) is 13.6. The van der Waals surface area contributed by atoms with Crippen molar-refractivity contribution in [1.29, 1.82) is 0 Å². The lowest BCUT2D eigenvalue weighted by Gasteiger charge is -2.27. The fourth-order valence-electron chi connectivity index (χ4n) is 4.67. The third-order valence-corrected chi connectivity index (χ3v) is 6.13. The van der Waals surface area contributed by atoms with Gasteiger partial charge in [-0.3, -0.25) is 9.48 Å². The minimum absolute atomic E-state index is 0.0394. The number of hydrogen-bond donors (Lipinski definition) is 1. The molecule has 1 unspecified atom stereocenters. The van der Waals surface area contributed by atoms with Gasteiger partial charge in [0.1, 0.15) is 5.60 Å². The van der Waals surface area contributed by atoms with Crippen molar-refractivity contribution >= 4 is 22.9 Å². The second-order valence-electron chi connectivity index (χ2n) is 10.0. The van der Waals surface area contributed by atoms with Crippen molar-refractivity contribution in [3.05, 3.63) is 30.0 Å². The number of hydrogen-bond acceptors (Lipinski definition) is 4. The first-order chi connectivity index (χ1) is 14.0. The highest BCUT2D eigenvalue weighted by Crippen LogP contribution is 2.52. The van der Waals surface area contributed by atoms with Gasteiger partial charge in [-0.25, -0.2) is 4.79 Å². The van der Waals surface area contributed by atoms with E-state index in [4.69, 9.17) is 9.84 Å². The van der Waals surface area contributed by atoms with E-state index < -0.39 is 11.1 Å². The molecule has 2 aliphatic rings. The lowest BCUT2D eigenvalue weighted by molar-refractivity contribution is -0.125. The summed E-state index contributed by atoms with van der Waals surface area (Å²) >= 11 is 0. The molecule has 0 bridgehead atoms. The lowest BCUT2D eigenvalue weighted by Crippen LogP contribution is -2.44. The van der Waals surface area contributed by atoms with Crippen molar-refractivity contribution in [1.82, 2.24) is 20.0 Å². The van der Waals surface area contributed by atoms with E-state index in [0.717, 1.165) is 23.1 Å². The molecule has 0 radical (unpaired) electrons. The van der Waals surface area contributed by atoms with Crippen molar-refractivity contribution in [2.75, 3.05) is 13.1 Å². The molecule has 1 aromatic carbocycles. The van der Waals surface area contributed by atoms with Crippen LogP contribution in [0.15, 0.2) is 24.3 Å². The number of aryl methyl sites for hydroxylation is 1. The third kappa shape index (κ3) is 3.66. The van der Waals surface area contributed by atoms with Crippen LogP contribution >= 0.6 is 0 Å². The summed E-state index contributed by atoms with van der Waals surface area (Å²) in [5.74, 6) is 0.452. The van der Waals surface area contributed by atoms with Gasteiger partial charge in [0, 0.05) is 30.9 Å². The van der Waals surface area contributed by atoms with Crippen LogP contribution in [0.25, 0.3) is 10.9 Å². The predicted molar refractivity (Wildman–Crippen MR) is 115 cm³/mol. The van der Waals surface area contributed by atoms with Gasteiger partial charge < -0.3 is 15.0 Å². The number of nitrogens with one attached hydrogen (secondary N) is 1. The van der Waals surface area contributed by atoms with Crippen molar-refractivity contribution in [3.63, 3.8) is 0 Å². The molecule has 2 amide bonds. The van der Waals surface area contributed by atoms with Gasteiger partial charge in [0.05, 0.1) is 16.7 Å². The van der Waals surface area contributed by atoms with Crippen LogP contribution in [0, 0.1) is 17.8 Å². The topological polar surface area (TPSA) is 76.5 Å². The number of nitrogens with zero attached hydrogens (tertiary/aromatic N) is 3. The highest BCUT2D eigenvalue weighted by molar-refractivity contribution is 5.86. The Hall–Kier alpha value is -2.57. The Labute approximate surface area is 177 Å². The van der Waals surface area contributed by atoms with Crippen molar-refractivity contribution in [2.24, 2.45) is 17.8 Å². The van der Waals surface area contributed by atoms with Crippen LogP contribution in [-0.2, 0) is 21.6 Å². The zero-order valence-corrected chi connectivity index (χ0v) is 18.7. The maximum absolute atomic E-state index is 13.0. The summed E-state index contributed by atoms with van der Waals surface area (Å²) < 4.78 is 7.43. The maximum Gasteiger partial charge on any atom is 0.410 e. The SMILES string of the molecule is CCn1nc(C(C)(C)NC(=O)C2[C@H]3CN(C(=O)OC(C)(C)C)C[C@@H]23)c2ccccc21. The summed E-state index contributed by atoms with van der Waals surface area (Å²) in [6, 6.07) is 8.13. The van der Waals surface area contributed by atoms with Crippen LogP contribution < -0.4 is 5.32 Å². The number of amides is 2. The molecule has 2 heterocycles. The van der Waals surface area contributed by atoms with E-state index in [1.807, 2.05) is 51.4 Å². The Bertz CT molecular complexity index is 976. The Kier molecular flexibility index (Phi) is 4.83. The predicted octanol–water partition coefficient (Wildman–Crippen LogP) is 3.52. The van der Waals surface area contributed by atoms with Gasteiger partial charge >= 0.3 is 6.09 Å². The second kappa shape index (κ2) is 7.00. The molecule has 2 aromatic rings. The lowest BCUT2D eigenvalue weighted by atomic mass is 9.96. The summed E-state index contributed by atoms with van der Waals surface area (Å²) in [6.07, 6.45) is -0.286. The Morgan fingerprint density at radius 2 is 1.77 bits per heavy atom. The van der Waals surface area contributed by atoms with Crippen LogP contribution in [0.2, 0.25) is 0 Å². The first kappa shape index (κ1) is 20.7. The molecule has 7 nitrogen and oxygen atoms in total. The molecule has 1 N–H and O–H groups in total. The summed E-state index contributed by atoms with van der Waals surface area (Å²) in [5.41, 5.74) is 0.872. The number of benzene rings is 1. The van der Waals surface area contributed by atoms with Gasteiger partial charge in [-0.2, -0.15) is 5.10 Å². The molecule has 4 rings (SSSR count). The molecule has 162 valence electrons. The van der Waals surface area contributed by atoms with Gasteiger partial charge in [-0.1, -0.05) is 18.2 Å². The highest BCUT2D eigenvalue weighted by Gasteiger charge is 2.61. The number of para-hydroxylation sites is 1. The fraction of sp³-hybridized carbons (Fsp3) is 0.609. The number of fused-ring (bicyclic) bond motifs is 2. The molecule has 3 atom stereocenters. The van der Waals surface area contributed by atoms with Gasteiger partial charge in [-0.15, -0.1) is 0 Å². The monoisotopic (exact) mass is 412 g/mol. The molecular formula is C23H32N4O3. The van der Waals surface area contributed by atoms with Crippen LogP contribution in [0.5, 0.6) is 0 Å². The summed E-state index contributed by atoms with van der Waals surface area (Å²) in [4.78, 5) is 27.0.